The standard InChI is InChI=1S/C18H26N2O3/c1-14(11-17(21)23-2)19-18(22)16-9-6-10-20(13-16)12-15-7-4-3-5-8-15/h3-5,7-8,14,16H,6,9-13H2,1-2H3,(H,19,22). The Morgan fingerprint density at radius 1 is 1.35 bits per heavy atom. The molecular weight excluding hydrogens is 292 g/mol. The molecule has 1 aliphatic rings. The number of piperidine rings is 1. The Morgan fingerprint density at radius 2 is 2.09 bits per heavy atom. The molecule has 5 heteroatoms. The summed E-state index contributed by atoms with van der Waals surface area (Å²) < 4.78 is 4.63. The van der Waals surface area contributed by atoms with E-state index >= 15 is 0 Å². The summed E-state index contributed by atoms with van der Waals surface area (Å²) in [6, 6.07) is 10.1. The van der Waals surface area contributed by atoms with Gasteiger partial charge in [-0.25, -0.2) is 0 Å². The minimum absolute atomic E-state index is 0.00689. The van der Waals surface area contributed by atoms with Gasteiger partial charge in [0.15, 0.2) is 0 Å². The van der Waals surface area contributed by atoms with Crippen molar-refractivity contribution in [2.24, 2.45) is 5.92 Å². The summed E-state index contributed by atoms with van der Waals surface area (Å²) in [5, 5.41) is 2.93. The lowest BCUT2D eigenvalue weighted by Gasteiger charge is -2.32. The van der Waals surface area contributed by atoms with E-state index in [9.17, 15) is 9.59 Å². The van der Waals surface area contributed by atoms with E-state index in [2.05, 4.69) is 27.1 Å². The predicted molar refractivity (Wildman–Crippen MR) is 88.7 cm³/mol. The zero-order valence-corrected chi connectivity index (χ0v) is 14.0. The highest BCUT2D eigenvalue weighted by Crippen LogP contribution is 2.19. The molecule has 1 aromatic carbocycles. The second-order valence-electron chi connectivity index (χ2n) is 6.25. The summed E-state index contributed by atoms with van der Waals surface area (Å²) in [6.45, 7) is 4.50. The number of methoxy groups -OCH3 is 1. The monoisotopic (exact) mass is 318 g/mol. The van der Waals surface area contributed by atoms with Crippen LogP contribution >= 0.6 is 0 Å². The maximum atomic E-state index is 12.4. The van der Waals surface area contributed by atoms with Gasteiger partial charge in [0.1, 0.15) is 0 Å². The summed E-state index contributed by atoms with van der Waals surface area (Å²) in [5.41, 5.74) is 1.27. The number of carbonyl (C=O) groups is 2. The molecule has 0 radical (unpaired) electrons. The SMILES string of the molecule is COC(=O)CC(C)NC(=O)C1CCCN(Cc2ccccc2)C1. The molecule has 0 aromatic heterocycles. The third kappa shape index (κ3) is 5.67. The fourth-order valence-electron chi connectivity index (χ4n) is 3.00. The molecule has 5 nitrogen and oxygen atoms in total. The van der Waals surface area contributed by atoms with E-state index in [0.717, 1.165) is 32.5 Å². The molecule has 1 amide bonds. The second-order valence-corrected chi connectivity index (χ2v) is 6.25. The van der Waals surface area contributed by atoms with Gasteiger partial charge >= 0.3 is 5.97 Å². The molecule has 1 heterocycles. The number of nitrogens with zero attached hydrogens (tertiary/aromatic N) is 1. The lowest BCUT2D eigenvalue weighted by molar-refractivity contribution is -0.141. The number of esters is 1. The van der Waals surface area contributed by atoms with Crippen LogP contribution in [-0.2, 0) is 20.9 Å². The number of hydrogen-bond donors (Lipinski definition) is 1. The maximum Gasteiger partial charge on any atom is 0.307 e. The van der Waals surface area contributed by atoms with Crippen molar-refractivity contribution in [3.8, 4) is 0 Å². The van der Waals surface area contributed by atoms with Gasteiger partial charge in [-0.2, -0.15) is 0 Å². The van der Waals surface area contributed by atoms with Gasteiger partial charge < -0.3 is 10.1 Å². The van der Waals surface area contributed by atoms with Crippen molar-refractivity contribution < 1.29 is 14.3 Å². The van der Waals surface area contributed by atoms with Crippen LogP contribution in [-0.4, -0.2) is 43.0 Å². The highest BCUT2D eigenvalue weighted by Gasteiger charge is 2.26. The molecule has 1 N–H and O–H groups in total. The Bertz CT molecular complexity index is 518. The Morgan fingerprint density at radius 3 is 2.78 bits per heavy atom. The van der Waals surface area contributed by atoms with E-state index in [1.165, 1.54) is 12.7 Å². The van der Waals surface area contributed by atoms with Crippen LogP contribution in [0.4, 0.5) is 0 Å². The van der Waals surface area contributed by atoms with Crippen LogP contribution in [0.5, 0.6) is 0 Å². The fourth-order valence-corrected chi connectivity index (χ4v) is 3.00. The van der Waals surface area contributed by atoms with Gasteiger partial charge in [0, 0.05) is 19.1 Å². The van der Waals surface area contributed by atoms with Crippen LogP contribution in [0.25, 0.3) is 0 Å². The molecule has 1 saturated heterocycles. The average molecular weight is 318 g/mol. The van der Waals surface area contributed by atoms with E-state index in [1.54, 1.807) is 0 Å². The Labute approximate surface area is 138 Å². The number of amides is 1. The first-order valence-corrected chi connectivity index (χ1v) is 8.22. The first-order valence-electron chi connectivity index (χ1n) is 8.22. The van der Waals surface area contributed by atoms with Crippen molar-refractivity contribution in [3.63, 3.8) is 0 Å². The van der Waals surface area contributed by atoms with Crippen LogP contribution in [0, 0.1) is 5.92 Å². The number of benzene rings is 1. The third-order valence-corrected chi connectivity index (χ3v) is 4.21. The molecule has 1 aliphatic heterocycles. The highest BCUT2D eigenvalue weighted by atomic mass is 16.5. The Kier molecular flexibility index (Phi) is 6.59. The Balaban J connectivity index is 1.83. The number of ether oxygens (including phenoxy) is 1. The van der Waals surface area contributed by atoms with Crippen LogP contribution in [0.1, 0.15) is 31.7 Å². The molecule has 126 valence electrons. The average Bonchev–Trinajstić information content (AvgIpc) is 2.55. The zero-order chi connectivity index (χ0) is 16.7. The molecular formula is C18H26N2O3. The van der Waals surface area contributed by atoms with Gasteiger partial charge in [-0.05, 0) is 31.9 Å². The van der Waals surface area contributed by atoms with Gasteiger partial charge in [-0.15, -0.1) is 0 Å². The summed E-state index contributed by atoms with van der Waals surface area (Å²) in [7, 11) is 1.36. The van der Waals surface area contributed by atoms with E-state index in [0.29, 0.717) is 0 Å². The minimum Gasteiger partial charge on any atom is -0.469 e. The van der Waals surface area contributed by atoms with Crippen molar-refractivity contribution in [3.05, 3.63) is 35.9 Å². The molecule has 0 aliphatic carbocycles. The Hall–Kier alpha value is -1.88. The van der Waals surface area contributed by atoms with Crippen LogP contribution in [0.2, 0.25) is 0 Å². The topological polar surface area (TPSA) is 58.6 Å². The van der Waals surface area contributed by atoms with Crippen molar-refractivity contribution in [1.29, 1.82) is 0 Å². The van der Waals surface area contributed by atoms with Gasteiger partial charge in [-0.1, -0.05) is 30.3 Å². The quantitative estimate of drug-likeness (QED) is 0.815. The molecule has 2 atom stereocenters. The van der Waals surface area contributed by atoms with Crippen molar-refractivity contribution in [1.82, 2.24) is 10.2 Å². The van der Waals surface area contributed by atoms with Crippen LogP contribution in [0.3, 0.4) is 0 Å². The summed E-state index contributed by atoms with van der Waals surface area (Å²) in [6.07, 6.45) is 2.14. The first kappa shape index (κ1) is 17.5. The normalized spacial score (nSPS) is 19.8. The van der Waals surface area contributed by atoms with Crippen LogP contribution in [0.15, 0.2) is 30.3 Å². The number of rotatable bonds is 6. The third-order valence-electron chi connectivity index (χ3n) is 4.21. The van der Waals surface area contributed by atoms with Gasteiger partial charge in [0.2, 0.25) is 5.91 Å². The fraction of sp³-hybridized carbons (Fsp3) is 0.556. The van der Waals surface area contributed by atoms with Gasteiger partial charge in [0.25, 0.3) is 0 Å². The van der Waals surface area contributed by atoms with E-state index in [4.69, 9.17) is 0 Å². The zero-order valence-electron chi connectivity index (χ0n) is 14.0. The number of nitrogens with one attached hydrogen (secondary N) is 1. The lowest BCUT2D eigenvalue weighted by atomic mass is 9.96. The van der Waals surface area contributed by atoms with Crippen molar-refractivity contribution >= 4 is 11.9 Å². The first-order chi connectivity index (χ1) is 11.1. The predicted octanol–water partition coefficient (Wildman–Crippen LogP) is 1.97. The molecule has 23 heavy (non-hydrogen) atoms. The van der Waals surface area contributed by atoms with Crippen molar-refractivity contribution in [2.45, 2.75) is 38.8 Å². The maximum absolute atomic E-state index is 12.4. The molecule has 0 spiro atoms. The summed E-state index contributed by atoms with van der Waals surface area (Å²) in [4.78, 5) is 26.0. The molecule has 0 bridgehead atoms. The van der Waals surface area contributed by atoms with Gasteiger partial charge in [0.05, 0.1) is 19.4 Å². The highest BCUT2D eigenvalue weighted by molar-refractivity contribution is 5.80. The lowest BCUT2D eigenvalue weighted by Crippen LogP contribution is -2.45. The largest absolute Gasteiger partial charge is 0.469 e. The van der Waals surface area contributed by atoms with Crippen molar-refractivity contribution in [2.75, 3.05) is 20.2 Å². The number of carbonyl (C=O) groups excluding carboxylic acids is 2. The van der Waals surface area contributed by atoms with E-state index < -0.39 is 0 Å². The van der Waals surface area contributed by atoms with E-state index in [-0.39, 0.29) is 30.3 Å². The molecule has 1 fully saturated rings. The molecule has 2 rings (SSSR count). The molecule has 1 aromatic rings. The van der Waals surface area contributed by atoms with E-state index in [1.807, 2.05) is 25.1 Å². The van der Waals surface area contributed by atoms with Crippen LogP contribution < -0.4 is 5.32 Å². The summed E-state index contributed by atoms with van der Waals surface area (Å²) in [5.74, 6) is -0.265. The number of hydrogen-bond acceptors (Lipinski definition) is 4. The summed E-state index contributed by atoms with van der Waals surface area (Å²) >= 11 is 0. The smallest absolute Gasteiger partial charge is 0.307 e. The minimum atomic E-state index is -0.299. The molecule has 2 unspecified atom stereocenters. The number of likely N-dealkylation sites (tertiary alicyclic amines) is 1. The van der Waals surface area contributed by atoms with Gasteiger partial charge in [-0.3, -0.25) is 14.5 Å². The molecule has 0 saturated carbocycles. The second kappa shape index (κ2) is 8.67.